The first kappa shape index (κ1) is 13.6. The Morgan fingerprint density at radius 3 is 2.81 bits per heavy atom. The molecule has 16 heavy (non-hydrogen) atoms. The van der Waals surface area contributed by atoms with Gasteiger partial charge in [0.05, 0.1) is 5.01 Å². The molecule has 0 saturated carbocycles. The average molecular weight is 242 g/mol. The minimum Gasteiger partial charge on any atom is -0.396 e. The number of nitrogens with one attached hydrogen (secondary N) is 1. The number of nitrogens with zero attached hydrogens (tertiary/aromatic N) is 1. The molecule has 1 aromatic rings. The van der Waals surface area contributed by atoms with Crippen LogP contribution in [0.15, 0.2) is 6.20 Å². The van der Waals surface area contributed by atoms with Gasteiger partial charge in [-0.3, -0.25) is 0 Å². The van der Waals surface area contributed by atoms with Gasteiger partial charge in [-0.25, -0.2) is 4.98 Å². The van der Waals surface area contributed by atoms with Gasteiger partial charge >= 0.3 is 0 Å². The predicted octanol–water partition coefficient (Wildman–Crippen LogP) is 2.20. The molecule has 1 heterocycles. The maximum absolute atomic E-state index is 8.92. The van der Waals surface area contributed by atoms with Gasteiger partial charge in [0.15, 0.2) is 0 Å². The van der Waals surface area contributed by atoms with E-state index in [4.69, 9.17) is 5.11 Å². The van der Waals surface area contributed by atoms with E-state index in [0.717, 1.165) is 25.9 Å². The van der Waals surface area contributed by atoms with Gasteiger partial charge in [-0.05, 0) is 18.3 Å². The molecule has 92 valence electrons. The van der Waals surface area contributed by atoms with Gasteiger partial charge in [0.2, 0.25) is 0 Å². The second kappa shape index (κ2) is 6.33. The van der Waals surface area contributed by atoms with Crippen LogP contribution in [-0.2, 0) is 13.0 Å². The molecule has 0 radical (unpaired) electrons. The molecule has 0 aliphatic heterocycles. The SMILES string of the molecule is CCc1ncc(CNCC(C)(C)CCO)s1. The van der Waals surface area contributed by atoms with Crippen LogP contribution in [0.2, 0.25) is 0 Å². The summed E-state index contributed by atoms with van der Waals surface area (Å²) in [6, 6.07) is 0. The number of hydrogen-bond donors (Lipinski definition) is 2. The van der Waals surface area contributed by atoms with Gasteiger partial charge in [0.1, 0.15) is 0 Å². The fourth-order valence-electron chi connectivity index (χ4n) is 1.51. The molecule has 0 saturated heterocycles. The maximum atomic E-state index is 8.92. The Kier molecular flexibility index (Phi) is 5.38. The summed E-state index contributed by atoms with van der Waals surface area (Å²) in [6.07, 6.45) is 3.80. The van der Waals surface area contributed by atoms with Crippen molar-refractivity contribution in [3.8, 4) is 0 Å². The highest BCUT2D eigenvalue weighted by molar-refractivity contribution is 7.11. The van der Waals surface area contributed by atoms with Crippen molar-refractivity contribution in [3.05, 3.63) is 16.1 Å². The summed E-state index contributed by atoms with van der Waals surface area (Å²) in [4.78, 5) is 5.61. The molecular formula is C12H22N2OS. The normalized spacial score (nSPS) is 12.0. The zero-order valence-corrected chi connectivity index (χ0v) is 11.2. The summed E-state index contributed by atoms with van der Waals surface area (Å²) in [5.41, 5.74) is 0.160. The van der Waals surface area contributed by atoms with Crippen molar-refractivity contribution in [1.82, 2.24) is 10.3 Å². The second-order valence-corrected chi connectivity index (χ2v) is 6.01. The number of aliphatic hydroxyl groups excluding tert-OH is 1. The van der Waals surface area contributed by atoms with Gasteiger partial charge in [0, 0.05) is 30.8 Å². The summed E-state index contributed by atoms with van der Waals surface area (Å²) in [5.74, 6) is 0. The number of hydrogen-bond acceptors (Lipinski definition) is 4. The zero-order valence-electron chi connectivity index (χ0n) is 10.4. The molecule has 1 rings (SSSR count). The van der Waals surface area contributed by atoms with E-state index >= 15 is 0 Å². The van der Waals surface area contributed by atoms with E-state index in [0.29, 0.717) is 0 Å². The highest BCUT2D eigenvalue weighted by Gasteiger charge is 2.16. The third kappa shape index (κ3) is 4.60. The van der Waals surface area contributed by atoms with Crippen LogP contribution < -0.4 is 5.32 Å². The van der Waals surface area contributed by atoms with Crippen LogP contribution in [0, 0.1) is 5.41 Å². The molecule has 1 aromatic heterocycles. The highest BCUT2D eigenvalue weighted by atomic mass is 32.1. The van der Waals surface area contributed by atoms with E-state index in [-0.39, 0.29) is 12.0 Å². The number of aromatic nitrogens is 1. The number of thiazole rings is 1. The van der Waals surface area contributed by atoms with E-state index < -0.39 is 0 Å². The fourth-order valence-corrected chi connectivity index (χ4v) is 2.34. The smallest absolute Gasteiger partial charge is 0.0925 e. The predicted molar refractivity (Wildman–Crippen MR) is 68.7 cm³/mol. The quantitative estimate of drug-likeness (QED) is 0.770. The molecule has 0 fully saturated rings. The lowest BCUT2D eigenvalue weighted by molar-refractivity contribution is 0.207. The zero-order chi connectivity index (χ0) is 12.0. The second-order valence-electron chi connectivity index (χ2n) is 4.82. The molecule has 0 bridgehead atoms. The molecule has 0 aliphatic rings. The first-order chi connectivity index (χ1) is 7.57. The Bertz CT molecular complexity index is 310. The molecule has 2 N–H and O–H groups in total. The minimum absolute atomic E-state index is 0.160. The van der Waals surface area contributed by atoms with Gasteiger partial charge in [-0.15, -0.1) is 11.3 Å². The fraction of sp³-hybridized carbons (Fsp3) is 0.750. The summed E-state index contributed by atoms with van der Waals surface area (Å²) < 4.78 is 0. The number of aliphatic hydroxyl groups is 1. The van der Waals surface area contributed by atoms with Crippen molar-refractivity contribution in [2.45, 2.75) is 40.2 Å². The lowest BCUT2D eigenvalue weighted by Gasteiger charge is -2.23. The van der Waals surface area contributed by atoms with Crippen molar-refractivity contribution < 1.29 is 5.11 Å². The van der Waals surface area contributed by atoms with Crippen LogP contribution in [0.5, 0.6) is 0 Å². The van der Waals surface area contributed by atoms with Crippen molar-refractivity contribution >= 4 is 11.3 Å². The van der Waals surface area contributed by atoms with E-state index in [9.17, 15) is 0 Å². The third-order valence-electron chi connectivity index (χ3n) is 2.60. The Labute approximate surface area is 102 Å². The molecule has 0 aliphatic carbocycles. The Morgan fingerprint density at radius 2 is 2.25 bits per heavy atom. The van der Waals surface area contributed by atoms with Crippen LogP contribution in [0.3, 0.4) is 0 Å². The summed E-state index contributed by atoms with van der Waals surface area (Å²) in [6.45, 7) is 8.52. The standard InChI is InChI=1S/C12H22N2OS/c1-4-11-14-8-10(16-11)7-13-9-12(2,3)5-6-15/h8,13,15H,4-7,9H2,1-3H3. The van der Waals surface area contributed by atoms with Gasteiger partial charge in [-0.2, -0.15) is 0 Å². The first-order valence-electron chi connectivity index (χ1n) is 5.82. The Balaban J connectivity index is 2.29. The molecular weight excluding hydrogens is 220 g/mol. The average Bonchev–Trinajstić information content (AvgIpc) is 2.65. The largest absolute Gasteiger partial charge is 0.396 e. The van der Waals surface area contributed by atoms with E-state index in [1.807, 2.05) is 6.20 Å². The van der Waals surface area contributed by atoms with Crippen molar-refractivity contribution in [2.75, 3.05) is 13.2 Å². The summed E-state index contributed by atoms with van der Waals surface area (Å²) in [5, 5.41) is 13.5. The summed E-state index contributed by atoms with van der Waals surface area (Å²) >= 11 is 1.77. The highest BCUT2D eigenvalue weighted by Crippen LogP contribution is 2.19. The first-order valence-corrected chi connectivity index (χ1v) is 6.64. The van der Waals surface area contributed by atoms with Gasteiger partial charge < -0.3 is 10.4 Å². The van der Waals surface area contributed by atoms with E-state index in [1.165, 1.54) is 9.88 Å². The molecule has 0 unspecified atom stereocenters. The molecule has 0 spiro atoms. The third-order valence-corrected chi connectivity index (χ3v) is 3.74. The van der Waals surface area contributed by atoms with Crippen LogP contribution in [-0.4, -0.2) is 23.2 Å². The van der Waals surface area contributed by atoms with Crippen LogP contribution in [0.25, 0.3) is 0 Å². The van der Waals surface area contributed by atoms with Crippen molar-refractivity contribution in [1.29, 1.82) is 0 Å². The van der Waals surface area contributed by atoms with Crippen molar-refractivity contribution in [2.24, 2.45) is 5.41 Å². The van der Waals surface area contributed by atoms with Crippen molar-refractivity contribution in [3.63, 3.8) is 0 Å². The molecule has 4 heteroatoms. The van der Waals surface area contributed by atoms with Gasteiger partial charge in [0.25, 0.3) is 0 Å². The molecule has 0 aromatic carbocycles. The van der Waals surface area contributed by atoms with E-state index in [2.05, 4.69) is 31.1 Å². The molecule has 0 amide bonds. The van der Waals surface area contributed by atoms with E-state index in [1.54, 1.807) is 11.3 Å². The van der Waals surface area contributed by atoms with Crippen LogP contribution >= 0.6 is 11.3 Å². The maximum Gasteiger partial charge on any atom is 0.0925 e. The topological polar surface area (TPSA) is 45.2 Å². The minimum atomic E-state index is 0.160. The van der Waals surface area contributed by atoms with Crippen LogP contribution in [0.4, 0.5) is 0 Å². The number of rotatable bonds is 7. The van der Waals surface area contributed by atoms with Crippen LogP contribution in [0.1, 0.15) is 37.1 Å². The summed E-state index contributed by atoms with van der Waals surface area (Å²) in [7, 11) is 0. The Morgan fingerprint density at radius 1 is 1.50 bits per heavy atom. The molecule has 3 nitrogen and oxygen atoms in total. The molecule has 0 atom stereocenters. The van der Waals surface area contributed by atoms with Gasteiger partial charge in [-0.1, -0.05) is 20.8 Å². The monoisotopic (exact) mass is 242 g/mol. The number of aryl methyl sites for hydroxylation is 1. The Hall–Kier alpha value is -0.450. The lowest BCUT2D eigenvalue weighted by atomic mass is 9.90. The lowest BCUT2D eigenvalue weighted by Crippen LogP contribution is -2.29.